The average Bonchev–Trinajstić information content (AvgIpc) is 3.33. The van der Waals surface area contributed by atoms with Crippen LogP contribution in [-0.2, 0) is 14.3 Å². The first-order valence-corrected chi connectivity index (χ1v) is 11.6. The van der Waals surface area contributed by atoms with Gasteiger partial charge in [-0.15, -0.1) is 0 Å². The molecule has 0 bridgehead atoms. The number of amides is 1. The van der Waals surface area contributed by atoms with E-state index in [1.807, 2.05) is 17.6 Å². The summed E-state index contributed by atoms with van der Waals surface area (Å²) in [6, 6.07) is 2.23. The lowest BCUT2D eigenvalue weighted by Crippen LogP contribution is -2.57. The van der Waals surface area contributed by atoms with Crippen molar-refractivity contribution in [3.8, 4) is 11.4 Å². The molecular formula is C21H27N5O3S. The van der Waals surface area contributed by atoms with E-state index in [0.29, 0.717) is 25.7 Å². The number of morpholine rings is 1. The van der Waals surface area contributed by atoms with Gasteiger partial charge in [0, 0.05) is 43.8 Å². The molecule has 0 unspecified atom stereocenters. The monoisotopic (exact) mass is 429 g/mol. The molecule has 5 rings (SSSR count). The average molecular weight is 430 g/mol. The van der Waals surface area contributed by atoms with Crippen molar-refractivity contribution < 1.29 is 14.3 Å². The zero-order chi connectivity index (χ0) is 20.3. The van der Waals surface area contributed by atoms with Gasteiger partial charge < -0.3 is 24.6 Å². The molecule has 0 aliphatic carbocycles. The second-order valence-electron chi connectivity index (χ2n) is 8.08. The van der Waals surface area contributed by atoms with Crippen LogP contribution in [0, 0.1) is 5.92 Å². The number of nitrogens with one attached hydrogen (secondary N) is 1. The van der Waals surface area contributed by atoms with Gasteiger partial charge in [-0.3, -0.25) is 4.79 Å². The normalized spacial score (nSPS) is 21.8. The van der Waals surface area contributed by atoms with Crippen LogP contribution in [0.1, 0.15) is 12.8 Å². The second-order valence-corrected chi connectivity index (χ2v) is 8.86. The Balaban J connectivity index is 1.33. The number of fused-ring (bicyclic) bond motifs is 3. The van der Waals surface area contributed by atoms with Gasteiger partial charge >= 0.3 is 0 Å². The molecule has 5 heterocycles. The molecule has 2 fully saturated rings. The Morgan fingerprint density at radius 1 is 1.27 bits per heavy atom. The van der Waals surface area contributed by atoms with Gasteiger partial charge in [-0.05, 0) is 30.2 Å². The molecular weight excluding hydrogens is 402 g/mol. The Morgan fingerprint density at radius 2 is 2.17 bits per heavy atom. The molecule has 9 heteroatoms. The lowest BCUT2D eigenvalue weighted by atomic mass is 10.0. The Morgan fingerprint density at radius 3 is 3.00 bits per heavy atom. The van der Waals surface area contributed by atoms with Crippen LogP contribution in [0.25, 0.3) is 11.4 Å². The van der Waals surface area contributed by atoms with E-state index < -0.39 is 0 Å². The molecule has 1 atom stereocenters. The molecule has 0 radical (unpaired) electrons. The van der Waals surface area contributed by atoms with Crippen LogP contribution in [0.3, 0.4) is 0 Å². The molecule has 0 aromatic carbocycles. The minimum atomic E-state index is 0.0412. The summed E-state index contributed by atoms with van der Waals surface area (Å²) in [5.74, 6) is 2.18. The molecule has 160 valence electrons. The molecule has 0 spiro atoms. The van der Waals surface area contributed by atoms with Crippen molar-refractivity contribution in [3.63, 3.8) is 0 Å². The van der Waals surface area contributed by atoms with Crippen LogP contribution < -0.4 is 15.1 Å². The highest BCUT2D eigenvalue weighted by molar-refractivity contribution is 7.08. The molecule has 1 amide bonds. The number of hydrogen-bond donors (Lipinski definition) is 1. The van der Waals surface area contributed by atoms with Gasteiger partial charge in [0.25, 0.3) is 0 Å². The van der Waals surface area contributed by atoms with E-state index in [1.54, 1.807) is 11.3 Å². The number of anilines is 2. The maximum atomic E-state index is 12.7. The molecule has 0 saturated carbocycles. The fourth-order valence-electron chi connectivity index (χ4n) is 4.36. The second kappa shape index (κ2) is 8.87. The number of carbonyl (C=O) groups is 1. The maximum Gasteiger partial charge on any atom is 0.239 e. The smallest absolute Gasteiger partial charge is 0.239 e. The number of ether oxygens (including phenoxy) is 2. The zero-order valence-electron chi connectivity index (χ0n) is 17.0. The van der Waals surface area contributed by atoms with E-state index in [4.69, 9.17) is 14.5 Å². The van der Waals surface area contributed by atoms with Crippen molar-refractivity contribution in [2.24, 2.45) is 5.92 Å². The summed E-state index contributed by atoms with van der Waals surface area (Å²) in [6.07, 6.45) is 3.90. The Hall–Kier alpha value is -2.23. The van der Waals surface area contributed by atoms with Gasteiger partial charge in [0.15, 0.2) is 11.6 Å². The van der Waals surface area contributed by atoms with E-state index in [2.05, 4.69) is 25.5 Å². The minimum Gasteiger partial charge on any atom is -0.381 e. The van der Waals surface area contributed by atoms with Crippen LogP contribution in [0.4, 0.5) is 11.5 Å². The van der Waals surface area contributed by atoms with Crippen LogP contribution >= 0.6 is 11.3 Å². The van der Waals surface area contributed by atoms with Gasteiger partial charge in [0.1, 0.15) is 0 Å². The fourth-order valence-corrected chi connectivity index (χ4v) is 4.99. The number of carbonyl (C=O) groups excluding carboxylic acids is 1. The maximum absolute atomic E-state index is 12.7. The van der Waals surface area contributed by atoms with Gasteiger partial charge in [0.2, 0.25) is 5.91 Å². The van der Waals surface area contributed by atoms with Gasteiger partial charge in [-0.25, -0.2) is 9.97 Å². The van der Waals surface area contributed by atoms with Crippen molar-refractivity contribution >= 4 is 28.7 Å². The summed E-state index contributed by atoms with van der Waals surface area (Å²) < 4.78 is 11.1. The lowest BCUT2D eigenvalue weighted by molar-refractivity contribution is -0.120. The van der Waals surface area contributed by atoms with Crippen LogP contribution in [0.2, 0.25) is 0 Å². The molecule has 1 N–H and O–H groups in total. The Labute approximate surface area is 180 Å². The van der Waals surface area contributed by atoms with E-state index in [9.17, 15) is 4.79 Å². The van der Waals surface area contributed by atoms with Crippen molar-refractivity contribution in [2.45, 2.75) is 18.9 Å². The highest BCUT2D eigenvalue weighted by atomic mass is 32.1. The van der Waals surface area contributed by atoms with Gasteiger partial charge in [-0.1, -0.05) is 0 Å². The summed E-state index contributed by atoms with van der Waals surface area (Å²) >= 11 is 1.64. The van der Waals surface area contributed by atoms with E-state index >= 15 is 0 Å². The van der Waals surface area contributed by atoms with Crippen LogP contribution in [-0.4, -0.2) is 74.5 Å². The molecule has 2 aromatic rings. The molecule has 3 aliphatic rings. The number of thiophene rings is 1. The van der Waals surface area contributed by atoms with E-state index in [1.165, 1.54) is 0 Å². The summed E-state index contributed by atoms with van der Waals surface area (Å²) in [5, 5.41) is 7.21. The first-order chi connectivity index (χ1) is 14.8. The fraction of sp³-hybridized carbons (Fsp3) is 0.571. The van der Waals surface area contributed by atoms with E-state index in [-0.39, 0.29) is 11.9 Å². The third-order valence-corrected chi connectivity index (χ3v) is 6.75. The SMILES string of the molecule is O=C(CN1C[C@@H]2COCCN2c2nc(-c3ccsc3)ncc21)NCC1CCOCC1. The first-order valence-electron chi connectivity index (χ1n) is 10.6. The zero-order valence-corrected chi connectivity index (χ0v) is 17.8. The van der Waals surface area contributed by atoms with Crippen molar-refractivity contribution in [2.75, 3.05) is 62.4 Å². The van der Waals surface area contributed by atoms with Gasteiger partial charge in [-0.2, -0.15) is 11.3 Å². The number of aromatic nitrogens is 2. The summed E-state index contributed by atoms with van der Waals surface area (Å²) in [5.41, 5.74) is 1.95. The van der Waals surface area contributed by atoms with Crippen LogP contribution in [0.5, 0.6) is 0 Å². The molecule has 30 heavy (non-hydrogen) atoms. The summed E-state index contributed by atoms with van der Waals surface area (Å²) in [4.78, 5) is 26.6. The standard InChI is InChI=1S/C21H27N5O3S/c27-19(22-9-15-1-5-28-6-2-15)12-25-11-17-13-29-7-4-26(17)21-18(25)10-23-20(24-21)16-3-8-30-14-16/h3,8,10,14-15,17H,1-2,4-7,9,11-13H2,(H,22,27)/t17-/m1/s1. The highest BCUT2D eigenvalue weighted by Crippen LogP contribution is 2.36. The quantitative estimate of drug-likeness (QED) is 0.776. The predicted molar refractivity (Wildman–Crippen MR) is 116 cm³/mol. The highest BCUT2D eigenvalue weighted by Gasteiger charge is 2.35. The third-order valence-electron chi connectivity index (χ3n) is 6.06. The summed E-state index contributed by atoms with van der Waals surface area (Å²) in [6.45, 7) is 5.50. The molecule has 2 saturated heterocycles. The number of hydrogen-bond acceptors (Lipinski definition) is 8. The lowest BCUT2D eigenvalue weighted by Gasteiger charge is -2.45. The largest absolute Gasteiger partial charge is 0.381 e. The molecule has 2 aromatic heterocycles. The third kappa shape index (κ3) is 4.14. The minimum absolute atomic E-state index is 0.0412. The van der Waals surface area contributed by atoms with Crippen molar-refractivity contribution in [1.29, 1.82) is 0 Å². The van der Waals surface area contributed by atoms with Crippen molar-refractivity contribution in [3.05, 3.63) is 23.0 Å². The number of rotatable bonds is 5. The van der Waals surface area contributed by atoms with E-state index in [0.717, 1.165) is 68.6 Å². The molecule has 3 aliphatic heterocycles. The predicted octanol–water partition coefficient (Wildman–Crippen LogP) is 1.77. The van der Waals surface area contributed by atoms with Crippen LogP contribution in [0.15, 0.2) is 23.0 Å². The Kier molecular flexibility index (Phi) is 5.83. The topological polar surface area (TPSA) is 79.8 Å². The molecule has 8 nitrogen and oxygen atoms in total. The Bertz CT molecular complexity index is 872. The first kappa shape index (κ1) is 19.7. The summed E-state index contributed by atoms with van der Waals surface area (Å²) in [7, 11) is 0. The van der Waals surface area contributed by atoms with Gasteiger partial charge in [0.05, 0.1) is 37.7 Å². The number of nitrogens with zero attached hydrogens (tertiary/aromatic N) is 4. The van der Waals surface area contributed by atoms with Crippen molar-refractivity contribution in [1.82, 2.24) is 15.3 Å².